The molecule has 0 aliphatic heterocycles. The van der Waals surface area contributed by atoms with Crippen LogP contribution in [0.4, 0.5) is 0 Å². The van der Waals surface area contributed by atoms with E-state index in [0.717, 1.165) is 16.9 Å². The molecule has 0 saturated heterocycles. The van der Waals surface area contributed by atoms with Crippen LogP contribution in [0.15, 0.2) is 54.6 Å². The first kappa shape index (κ1) is 20.5. The number of hydrogen-bond acceptors (Lipinski definition) is 3. The van der Waals surface area contributed by atoms with Gasteiger partial charge in [-0.15, -0.1) is 0 Å². The van der Waals surface area contributed by atoms with E-state index in [0.29, 0.717) is 25.8 Å². The van der Waals surface area contributed by atoms with Crippen LogP contribution < -0.4 is 10.1 Å². The topological polar surface area (TPSA) is 58.6 Å². The first-order valence-corrected chi connectivity index (χ1v) is 9.27. The van der Waals surface area contributed by atoms with Crippen molar-refractivity contribution in [3.8, 4) is 5.75 Å². The third-order valence-electron chi connectivity index (χ3n) is 4.59. The molecule has 2 amide bonds. The zero-order valence-corrected chi connectivity index (χ0v) is 16.3. The Balaban J connectivity index is 2.19. The molecule has 0 aromatic heterocycles. The SMILES string of the molecule is CCC(C(=O)NC)N(Cc1cccc(OC)c1)C(=O)CCc1ccccc1. The molecule has 144 valence electrons. The van der Waals surface area contributed by atoms with Gasteiger partial charge in [-0.3, -0.25) is 9.59 Å². The minimum atomic E-state index is -0.496. The summed E-state index contributed by atoms with van der Waals surface area (Å²) in [7, 11) is 3.21. The van der Waals surface area contributed by atoms with Gasteiger partial charge in [0.1, 0.15) is 11.8 Å². The number of nitrogens with zero attached hydrogens (tertiary/aromatic N) is 1. The van der Waals surface area contributed by atoms with E-state index in [9.17, 15) is 9.59 Å². The van der Waals surface area contributed by atoms with Gasteiger partial charge in [0.25, 0.3) is 0 Å². The lowest BCUT2D eigenvalue weighted by Crippen LogP contribution is -2.48. The van der Waals surface area contributed by atoms with Gasteiger partial charge in [0.2, 0.25) is 11.8 Å². The molecule has 0 saturated carbocycles. The fourth-order valence-corrected chi connectivity index (χ4v) is 3.09. The number of ether oxygens (including phenoxy) is 1. The molecule has 5 heteroatoms. The summed E-state index contributed by atoms with van der Waals surface area (Å²) < 4.78 is 5.27. The largest absolute Gasteiger partial charge is 0.497 e. The fourth-order valence-electron chi connectivity index (χ4n) is 3.09. The Hall–Kier alpha value is -2.82. The van der Waals surface area contributed by atoms with Gasteiger partial charge < -0.3 is 15.0 Å². The molecule has 1 unspecified atom stereocenters. The van der Waals surface area contributed by atoms with Crippen LogP contribution >= 0.6 is 0 Å². The fraction of sp³-hybridized carbons (Fsp3) is 0.364. The van der Waals surface area contributed by atoms with E-state index in [2.05, 4.69) is 5.32 Å². The van der Waals surface area contributed by atoms with Gasteiger partial charge >= 0.3 is 0 Å². The average Bonchev–Trinajstić information content (AvgIpc) is 2.72. The van der Waals surface area contributed by atoms with Crippen molar-refractivity contribution in [1.82, 2.24) is 10.2 Å². The first-order valence-electron chi connectivity index (χ1n) is 9.27. The number of aryl methyl sites for hydroxylation is 1. The molecule has 27 heavy (non-hydrogen) atoms. The number of rotatable bonds is 9. The molecule has 0 bridgehead atoms. The zero-order valence-electron chi connectivity index (χ0n) is 16.3. The van der Waals surface area contributed by atoms with E-state index in [4.69, 9.17) is 4.74 Å². The molecule has 2 aromatic carbocycles. The lowest BCUT2D eigenvalue weighted by molar-refractivity contribution is -0.141. The summed E-state index contributed by atoms with van der Waals surface area (Å²) in [6, 6.07) is 17.0. The van der Waals surface area contributed by atoms with Crippen LogP contribution in [-0.2, 0) is 22.6 Å². The second-order valence-corrected chi connectivity index (χ2v) is 6.40. The Morgan fingerprint density at radius 2 is 1.78 bits per heavy atom. The van der Waals surface area contributed by atoms with Gasteiger partial charge in [-0.25, -0.2) is 0 Å². The van der Waals surface area contributed by atoms with Gasteiger partial charge in [-0.05, 0) is 36.1 Å². The molecular weight excluding hydrogens is 340 g/mol. The Bertz CT molecular complexity index is 746. The van der Waals surface area contributed by atoms with E-state index < -0.39 is 6.04 Å². The Kier molecular flexibility index (Phi) is 7.86. The van der Waals surface area contributed by atoms with Crippen LogP contribution in [0.25, 0.3) is 0 Å². The lowest BCUT2D eigenvalue weighted by atomic mass is 10.1. The van der Waals surface area contributed by atoms with Gasteiger partial charge in [-0.2, -0.15) is 0 Å². The molecule has 0 fully saturated rings. The maximum atomic E-state index is 13.0. The van der Waals surface area contributed by atoms with Crippen molar-refractivity contribution >= 4 is 11.8 Å². The molecule has 0 heterocycles. The zero-order chi connectivity index (χ0) is 19.6. The highest BCUT2D eigenvalue weighted by atomic mass is 16.5. The highest BCUT2D eigenvalue weighted by Gasteiger charge is 2.27. The molecule has 0 radical (unpaired) electrons. The second kappa shape index (κ2) is 10.4. The van der Waals surface area contributed by atoms with Crippen molar-refractivity contribution in [2.45, 2.75) is 38.8 Å². The number of carbonyl (C=O) groups excluding carboxylic acids is 2. The standard InChI is InChI=1S/C22H28N2O3/c1-4-20(22(26)23-2)24(16-18-11-8-12-19(15-18)27-3)21(25)14-13-17-9-6-5-7-10-17/h5-12,15,20H,4,13-14,16H2,1-3H3,(H,23,26). The third kappa shape index (κ3) is 5.84. The highest BCUT2D eigenvalue weighted by molar-refractivity contribution is 5.87. The van der Waals surface area contributed by atoms with Crippen LogP contribution in [0.2, 0.25) is 0 Å². The van der Waals surface area contributed by atoms with E-state index in [1.165, 1.54) is 0 Å². The smallest absolute Gasteiger partial charge is 0.242 e. The van der Waals surface area contributed by atoms with Crippen LogP contribution in [-0.4, -0.2) is 36.9 Å². The number of methoxy groups -OCH3 is 1. The summed E-state index contributed by atoms with van der Waals surface area (Å²) in [5, 5.41) is 2.68. The molecule has 2 rings (SSSR count). The van der Waals surface area contributed by atoms with Crippen molar-refractivity contribution in [2.24, 2.45) is 0 Å². The molecule has 5 nitrogen and oxygen atoms in total. The normalized spacial score (nSPS) is 11.5. The van der Waals surface area contributed by atoms with Crippen molar-refractivity contribution < 1.29 is 14.3 Å². The van der Waals surface area contributed by atoms with Crippen molar-refractivity contribution in [3.63, 3.8) is 0 Å². The highest BCUT2D eigenvalue weighted by Crippen LogP contribution is 2.18. The summed E-state index contributed by atoms with van der Waals surface area (Å²) >= 11 is 0. The maximum Gasteiger partial charge on any atom is 0.242 e. The first-order chi connectivity index (χ1) is 13.1. The van der Waals surface area contributed by atoms with Crippen LogP contribution in [0.1, 0.15) is 30.9 Å². The molecule has 0 aliphatic carbocycles. The van der Waals surface area contributed by atoms with Crippen molar-refractivity contribution in [1.29, 1.82) is 0 Å². The molecule has 2 aromatic rings. The molecule has 1 atom stereocenters. The third-order valence-corrected chi connectivity index (χ3v) is 4.59. The molecular formula is C22H28N2O3. The predicted octanol–water partition coefficient (Wildman–Crippen LogP) is 3.18. The van der Waals surface area contributed by atoms with Crippen LogP contribution in [0.3, 0.4) is 0 Å². The molecule has 1 N–H and O–H groups in total. The van der Waals surface area contributed by atoms with Gasteiger partial charge in [0.05, 0.1) is 7.11 Å². The van der Waals surface area contributed by atoms with Gasteiger partial charge in [-0.1, -0.05) is 49.4 Å². The van der Waals surface area contributed by atoms with E-state index in [1.54, 1.807) is 19.1 Å². The average molecular weight is 368 g/mol. The number of likely N-dealkylation sites (N-methyl/N-ethyl adjacent to an activating group) is 1. The summed E-state index contributed by atoms with van der Waals surface area (Å²) in [6.07, 6.45) is 1.57. The van der Waals surface area contributed by atoms with Gasteiger partial charge in [0.15, 0.2) is 0 Å². The second-order valence-electron chi connectivity index (χ2n) is 6.40. The van der Waals surface area contributed by atoms with Crippen LogP contribution in [0, 0.1) is 0 Å². The number of amides is 2. The van der Waals surface area contributed by atoms with Crippen LogP contribution in [0.5, 0.6) is 5.75 Å². The molecule has 0 spiro atoms. The Labute approximate surface area is 161 Å². The number of hydrogen-bond donors (Lipinski definition) is 1. The van der Waals surface area contributed by atoms with Crippen molar-refractivity contribution in [3.05, 3.63) is 65.7 Å². The summed E-state index contributed by atoms with van der Waals surface area (Å²) in [5.74, 6) is 0.558. The quantitative estimate of drug-likeness (QED) is 0.740. The maximum absolute atomic E-state index is 13.0. The lowest BCUT2D eigenvalue weighted by Gasteiger charge is -2.30. The predicted molar refractivity (Wildman–Crippen MR) is 106 cm³/mol. The number of benzene rings is 2. The number of carbonyl (C=O) groups is 2. The van der Waals surface area contributed by atoms with E-state index >= 15 is 0 Å². The summed E-state index contributed by atoms with van der Waals surface area (Å²) in [6.45, 7) is 2.29. The molecule has 0 aliphatic rings. The van der Waals surface area contributed by atoms with Gasteiger partial charge in [0, 0.05) is 20.0 Å². The summed E-state index contributed by atoms with van der Waals surface area (Å²) in [5.41, 5.74) is 2.05. The minimum Gasteiger partial charge on any atom is -0.497 e. The monoisotopic (exact) mass is 368 g/mol. The number of nitrogens with one attached hydrogen (secondary N) is 1. The Morgan fingerprint density at radius 1 is 1.07 bits per heavy atom. The summed E-state index contributed by atoms with van der Waals surface area (Å²) in [4.78, 5) is 27.0. The Morgan fingerprint density at radius 3 is 2.41 bits per heavy atom. The van der Waals surface area contributed by atoms with E-state index in [1.807, 2.05) is 61.5 Å². The van der Waals surface area contributed by atoms with E-state index in [-0.39, 0.29) is 11.8 Å². The minimum absolute atomic E-state index is 0.0304. The van der Waals surface area contributed by atoms with Crippen molar-refractivity contribution in [2.75, 3.05) is 14.2 Å².